The maximum Gasteiger partial charge on any atom is 0.416 e. The first-order valence-corrected chi connectivity index (χ1v) is 15.1. The summed E-state index contributed by atoms with van der Waals surface area (Å²) >= 11 is 0. The average molecular weight is 598 g/mol. The number of rotatable bonds is 1. The highest BCUT2D eigenvalue weighted by Crippen LogP contribution is 2.33. The molecule has 1 aromatic heterocycles. The van der Waals surface area contributed by atoms with E-state index in [2.05, 4.69) is 13.2 Å². The molecule has 2 atom stereocenters. The number of ether oxygens (including phenoxy) is 2. The van der Waals surface area contributed by atoms with Gasteiger partial charge in [0.15, 0.2) is 0 Å². The summed E-state index contributed by atoms with van der Waals surface area (Å²) in [5, 5.41) is 0. The number of hydrogen-bond donors (Lipinski definition) is 0. The van der Waals surface area contributed by atoms with Crippen molar-refractivity contribution in [2.45, 2.75) is 105 Å². The summed E-state index contributed by atoms with van der Waals surface area (Å²) in [6.45, 7) is 25.5. The number of anilines is 2. The highest BCUT2D eigenvalue weighted by Gasteiger charge is 2.47. The molecular weight excluding hydrogens is 546 g/mol. The molecule has 43 heavy (non-hydrogen) atoms. The van der Waals surface area contributed by atoms with Gasteiger partial charge < -0.3 is 19.3 Å². The average Bonchev–Trinajstić information content (AvgIpc) is 3.35. The summed E-state index contributed by atoms with van der Waals surface area (Å²) in [5.41, 5.74) is 0.143. The summed E-state index contributed by atoms with van der Waals surface area (Å²) in [7, 11) is 1.73. The molecule has 3 heterocycles. The molecule has 2 aliphatic heterocycles. The normalized spacial score (nSPS) is 21.0. The molecule has 3 rings (SSSR count). The van der Waals surface area contributed by atoms with Crippen molar-refractivity contribution in [1.29, 1.82) is 0 Å². The molecule has 0 aromatic carbocycles. The Labute approximate surface area is 258 Å². The fraction of sp³-hybridized carbons (Fsp3) is 0.576. The molecular formula is C33H51N5O5. The molecule has 0 saturated carbocycles. The van der Waals surface area contributed by atoms with E-state index < -0.39 is 35.5 Å². The Hall–Kier alpha value is -3.82. The van der Waals surface area contributed by atoms with Gasteiger partial charge in [-0.25, -0.2) is 14.6 Å². The lowest BCUT2D eigenvalue weighted by Crippen LogP contribution is -2.48. The molecule has 0 radical (unpaired) electrons. The Bertz CT molecular complexity index is 1210. The predicted octanol–water partition coefficient (Wildman–Crippen LogP) is 6.89. The fourth-order valence-electron chi connectivity index (χ4n) is 5.00. The van der Waals surface area contributed by atoms with Crippen LogP contribution < -0.4 is 9.80 Å². The second-order valence-corrected chi connectivity index (χ2v) is 12.4. The maximum atomic E-state index is 13.8. The van der Waals surface area contributed by atoms with Crippen molar-refractivity contribution in [3.8, 4) is 0 Å². The van der Waals surface area contributed by atoms with Gasteiger partial charge in [-0.15, -0.1) is 0 Å². The molecule has 10 heteroatoms. The SMILES string of the molecule is C=CN1C(=C)/C(=C\C)CCCN(C)C(=O)C2CC(CN2C(=O)OC(C)(C)C)N(C(=O)OC(C)(C)C)c2cccc1n2.CC. The Morgan fingerprint density at radius 3 is 2.16 bits per heavy atom. The Balaban J connectivity index is 0.00000316. The Morgan fingerprint density at radius 1 is 1.02 bits per heavy atom. The van der Waals surface area contributed by atoms with Crippen LogP contribution in [0.15, 0.2) is 54.9 Å². The van der Waals surface area contributed by atoms with Crippen LogP contribution in [0.25, 0.3) is 0 Å². The lowest BCUT2D eigenvalue weighted by molar-refractivity contribution is -0.134. The van der Waals surface area contributed by atoms with E-state index in [4.69, 9.17) is 14.5 Å². The molecule has 1 fully saturated rings. The van der Waals surface area contributed by atoms with Crippen molar-refractivity contribution in [3.05, 3.63) is 54.9 Å². The third kappa shape index (κ3) is 9.08. The van der Waals surface area contributed by atoms with Crippen LogP contribution >= 0.6 is 0 Å². The van der Waals surface area contributed by atoms with Crippen LogP contribution in [-0.4, -0.2) is 76.3 Å². The number of allylic oxidation sites excluding steroid dienone is 2. The number of carbonyl (C=O) groups is 3. The number of fused-ring (bicyclic) bond motifs is 4. The number of likely N-dealkylation sites (N-methyl/N-ethyl adjacent to an activating group) is 1. The van der Waals surface area contributed by atoms with Gasteiger partial charge in [-0.3, -0.25) is 14.6 Å². The monoisotopic (exact) mass is 597 g/mol. The minimum Gasteiger partial charge on any atom is -0.444 e. The summed E-state index contributed by atoms with van der Waals surface area (Å²) in [6.07, 6.45) is 3.95. The second kappa shape index (κ2) is 14.6. The number of aromatic nitrogens is 1. The lowest BCUT2D eigenvalue weighted by atomic mass is 10.1. The van der Waals surface area contributed by atoms with E-state index in [1.165, 1.54) is 9.80 Å². The smallest absolute Gasteiger partial charge is 0.416 e. The van der Waals surface area contributed by atoms with Crippen molar-refractivity contribution in [1.82, 2.24) is 14.8 Å². The van der Waals surface area contributed by atoms with Crippen molar-refractivity contribution < 1.29 is 23.9 Å². The Kier molecular flexibility index (Phi) is 12.0. The van der Waals surface area contributed by atoms with Crippen LogP contribution in [0, 0.1) is 0 Å². The number of amides is 3. The van der Waals surface area contributed by atoms with Crippen LogP contribution in [0.4, 0.5) is 21.2 Å². The van der Waals surface area contributed by atoms with Crippen molar-refractivity contribution in [2.24, 2.45) is 0 Å². The molecule has 0 N–H and O–H groups in total. The molecule has 238 valence electrons. The van der Waals surface area contributed by atoms with Gasteiger partial charge in [0.05, 0.1) is 6.04 Å². The van der Waals surface area contributed by atoms with Gasteiger partial charge in [0.1, 0.15) is 28.9 Å². The van der Waals surface area contributed by atoms with Gasteiger partial charge in [0, 0.05) is 32.0 Å². The standard InChI is InChI=1S/C31H45N5O5.C2H6/c1-11-22-15-14-18-33(10)27(37)24-19-23(20-35(24)28(38)40-30(4,5)6)36(29(39)41-31(7,8)9)26-17-13-16-25(32-26)34(12-2)21(22)3;1-2/h11-13,16-17,23-24H,2-3,14-15,18-20H2,1,4-10H3;1-2H3/b22-11-;. The zero-order chi connectivity index (χ0) is 32.7. The van der Waals surface area contributed by atoms with Crippen LogP contribution in [-0.2, 0) is 14.3 Å². The summed E-state index contributed by atoms with van der Waals surface area (Å²) in [6, 6.07) is 3.91. The highest BCUT2D eigenvalue weighted by molar-refractivity contribution is 5.90. The number of nitrogens with zero attached hydrogens (tertiary/aromatic N) is 5. The van der Waals surface area contributed by atoms with Crippen LogP contribution in [0.5, 0.6) is 0 Å². The van der Waals surface area contributed by atoms with E-state index in [1.54, 1.807) is 76.7 Å². The van der Waals surface area contributed by atoms with Crippen molar-refractivity contribution in [2.75, 3.05) is 29.9 Å². The quantitative estimate of drug-likeness (QED) is 0.348. The van der Waals surface area contributed by atoms with E-state index in [-0.39, 0.29) is 18.9 Å². The van der Waals surface area contributed by atoms with Crippen molar-refractivity contribution >= 4 is 29.7 Å². The van der Waals surface area contributed by atoms with Gasteiger partial charge in [-0.2, -0.15) is 0 Å². The first-order valence-electron chi connectivity index (χ1n) is 15.1. The van der Waals surface area contributed by atoms with Gasteiger partial charge in [0.25, 0.3) is 0 Å². The molecule has 4 bridgehead atoms. The summed E-state index contributed by atoms with van der Waals surface area (Å²) in [5.74, 6) is 0.633. The van der Waals surface area contributed by atoms with Crippen LogP contribution in [0.3, 0.4) is 0 Å². The van der Waals surface area contributed by atoms with E-state index >= 15 is 0 Å². The number of pyridine rings is 1. The summed E-state index contributed by atoms with van der Waals surface area (Å²) < 4.78 is 11.5. The van der Waals surface area contributed by atoms with E-state index in [0.717, 1.165) is 5.57 Å². The minimum atomic E-state index is -0.820. The van der Waals surface area contributed by atoms with Crippen LogP contribution in [0.1, 0.15) is 81.6 Å². The maximum absolute atomic E-state index is 13.8. The molecule has 2 unspecified atom stereocenters. The molecule has 0 spiro atoms. The topological polar surface area (TPSA) is 95.5 Å². The largest absolute Gasteiger partial charge is 0.444 e. The second-order valence-electron chi connectivity index (χ2n) is 12.4. The van der Waals surface area contributed by atoms with Crippen molar-refractivity contribution in [3.63, 3.8) is 0 Å². The minimum absolute atomic E-state index is 0.0743. The molecule has 0 aliphatic carbocycles. The van der Waals surface area contributed by atoms with E-state index in [9.17, 15) is 14.4 Å². The highest BCUT2D eigenvalue weighted by atomic mass is 16.6. The number of hydrogen-bond acceptors (Lipinski definition) is 7. The molecule has 2 aliphatic rings. The van der Waals surface area contributed by atoms with Gasteiger partial charge in [-0.1, -0.05) is 39.1 Å². The third-order valence-corrected chi connectivity index (χ3v) is 6.87. The predicted molar refractivity (Wildman–Crippen MR) is 172 cm³/mol. The van der Waals surface area contributed by atoms with E-state index in [1.807, 2.05) is 32.9 Å². The lowest BCUT2D eigenvalue weighted by Gasteiger charge is -2.32. The van der Waals surface area contributed by atoms with E-state index in [0.29, 0.717) is 36.7 Å². The van der Waals surface area contributed by atoms with Crippen LogP contribution in [0.2, 0.25) is 0 Å². The summed E-state index contributed by atoms with van der Waals surface area (Å²) in [4.78, 5) is 52.0. The first-order chi connectivity index (χ1) is 20.1. The molecule has 1 aromatic rings. The molecule has 10 nitrogen and oxygen atoms in total. The zero-order valence-corrected chi connectivity index (χ0v) is 27.8. The van der Waals surface area contributed by atoms with Gasteiger partial charge >= 0.3 is 12.2 Å². The number of carbonyl (C=O) groups excluding carboxylic acids is 3. The van der Waals surface area contributed by atoms with Gasteiger partial charge in [-0.05, 0) is 85.4 Å². The van der Waals surface area contributed by atoms with Gasteiger partial charge in [0.2, 0.25) is 5.91 Å². The number of likely N-dealkylation sites (tertiary alicyclic amines) is 1. The molecule has 1 saturated heterocycles. The fourth-order valence-corrected chi connectivity index (χ4v) is 5.00. The Morgan fingerprint density at radius 2 is 1.60 bits per heavy atom. The molecule has 3 amide bonds. The zero-order valence-electron chi connectivity index (χ0n) is 27.8. The third-order valence-electron chi connectivity index (χ3n) is 6.87. The first kappa shape index (κ1) is 35.4.